The Bertz CT molecular complexity index is 828. The van der Waals surface area contributed by atoms with Crippen LogP contribution in [0.5, 0.6) is 5.75 Å². The number of ether oxygens (including phenoxy) is 1. The second-order valence-corrected chi connectivity index (χ2v) is 5.68. The fourth-order valence-electron chi connectivity index (χ4n) is 2.23. The minimum absolute atomic E-state index is 0.389. The van der Waals surface area contributed by atoms with Gasteiger partial charge in [0.25, 0.3) is 0 Å². The third-order valence-electron chi connectivity index (χ3n) is 3.46. The zero-order valence-electron chi connectivity index (χ0n) is 11.8. The number of carbonyl (C=O) groups is 1. The van der Waals surface area contributed by atoms with E-state index in [1.807, 2.05) is 42.5 Å². The summed E-state index contributed by atoms with van der Waals surface area (Å²) in [7, 11) is 0. The molecule has 0 bridgehead atoms. The minimum Gasteiger partial charge on any atom is -0.422 e. The van der Waals surface area contributed by atoms with Crippen LogP contribution >= 0.6 is 15.9 Å². The van der Waals surface area contributed by atoms with Crippen LogP contribution in [0.3, 0.4) is 0 Å². The summed E-state index contributed by atoms with van der Waals surface area (Å²) in [4.78, 5) is 12.2. The Morgan fingerprint density at radius 3 is 2.45 bits per heavy atom. The van der Waals surface area contributed by atoms with E-state index in [2.05, 4.69) is 15.9 Å². The van der Waals surface area contributed by atoms with E-state index < -0.39 is 0 Å². The van der Waals surface area contributed by atoms with Crippen LogP contribution in [0.4, 0.5) is 0 Å². The average molecular weight is 356 g/mol. The Balaban J connectivity index is 1.88. The first-order chi connectivity index (χ1) is 10.7. The van der Waals surface area contributed by atoms with Gasteiger partial charge in [-0.05, 0) is 50.5 Å². The zero-order valence-corrected chi connectivity index (χ0v) is 13.3. The van der Waals surface area contributed by atoms with E-state index in [9.17, 15) is 4.79 Å². The monoisotopic (exact) mass is 355 g/mol. The largest absolute Gasteiger partial charge is 0.422 e. The van der Waals surface area contributed by atoms with Gasteiger partial charge in [-0.25, -0.2) is 4.79 Å². The quantitative estimate of drug-likeness (QED) is 0.563. The molecular formula is C18H14BrNO2. The van der Waals surface area contributed by atoms with Gasteiger partial charge in [0.15, 0.2) is 0 Å². The normalized spacial score (nSPS) is 10.6. The molecule has 0 spiro atoms. The van der Waals surface area contributed by atoms with Gasteiger partial charge in [-0.3, -0.25) is 0 Å². The highest BCUT2D eigenvalue weighted by Crippen LogP contribution is 2.33. The second kappa shape index (κ2) is 6.30. The number of halogens is 1. The molecule has 0 saturated heterocycles. The molecule has 110 valence electrons. The van der Waals surface area contributed by atoms with Crippen molar-refractivity contribution in [3.63, 3.8) is 0 Å². The Labute approximate surface area is 136 Å². The van der Waals surface area contributed by atoms with Gasteiger partial charge in [0.2, 0.25) is 0 Å². The maximum atomic E-state index is 12.2. The van der Waals surface area contributed by atoms with Crippen LogP contribution in [0, 0.1) is 0 Å². The van der Waals surface area contributed by atoms with Crippen molar-refractivity contribution < 1.29 is 9.53 Å². The van der Waals surface area contributed by atoms with Crippen LogP contribution in [-0.2, 0) is 6.54 Å². The van der Waals surface area contributed by atoms with E-state index in [-0.39, 0.29) is 5.97 Å². The van der Waals surface area contributed by atoms with Gasteiger partial charge in [-0.15, -0.1) is 0 Å². The lowest BCUT2D eigenvalue weighted by molar-refractivity contribution is 0.0734. The summed E-state index contributed by atoms with van der Waals surface area (Å²) in [6, 6.07) is 18.7. The molecule has 22 heavy (non-hydrogen) atoms. The van der Waals surface area contributed by atoms with Crippen molar-refractivity contribution in [3.8, 4) is 5.75 Å². The van der Waals surface area contributed by atoms with E-state index in [0.29, 0.717) is 17.9 Å². The number of nitrogens with two attached hydrogens (primary N) is 1. The number of hydrogen-bond acceptors (Lipinski definition) is 3. The first-order valence-electron chi connectivity index (χ1n) is 6.87. The van der Waals surface area contributed by atoms with Crippen molar-refractivity contribution in [3.05, 3.63) is 76.3 Å². The number of benzene rings is 3. The van der Waals surface area contributed by atoms with Crippen LogP contribution in [0.25, 0.3) is 10.8 Å². The third-order valence-corrected chi connectivity index (χ3v) is 4.27. The van der Waals surface area contributed by atoms with Crippen molar-refractivity contribution in [2.24, 2.45) is 5.73 Å². The van der Waals surface area contributed by atoms with E-state index in [1.54, 1.807) is 18.2 Å². The summed E-state index contributed by atoms with van der Waals surface area (Å²) >= 11 is 3.51. The Kier molecular flexibility index (Phi) is 4.22. The molecular weight excluding hydrogens is 342 g/mol. The average Bonchev–Trinajstić information content (AvgIpc) is 2.57. The minimum atomic E-state index is -0.389. The number of hydrogen-bond donors (Lipinski definition) is 1. The molecule has 3 rings (SSSR count). The lowest BCUT2D eigenvalue weighted by atomic mass is 10.1. The SMILES string of the molecule is NCc1ccc(C(=O)Oc2ccc3ccccc3c2Br)cc1. The highest BCUT2D eigenvalue weighted by Gasteiger charge is 2.12. The van der Waals surface area contributed by atoms with E-state index in [4.69, 9.17) is 10.5 Å². The highest BCUT2D eigenvalue weighted by molar-refractivity contribution is 9.10. The van der Waals surface area contributed by atoms with Crippen LogP contribution in [0.2, 0.25) is 0 Å². The van der Waals surface area contributed by atoms with Gasteiger partial charge in [-0.2, -0.15) is 0 Å². The van der Waals surface area contributed by atoms with Crippen LogP contribution in [-0.4, -0.2) is 5.97 Å². The predicted molar refractivity (Wildman–Crippen MR) is 90.9 cm³/mol. The van der Waals surface area contributed by atoms with Gasteiger partial charge in [0, 0.05) is 6.54 Å². The summed E-state index contributed by atoms with van der Waals surface area (Å²) in [5.41, 5.74) is 7.02. The first kappa shape index (κ1) is 14.8. The molecule has 0 aliphatic rings. The standard InChI is InChI=1S/C18H14BrNO2/c19-17-15-4-2-1-3-13(15)9-10-16(17)22-18(21)14-7-5-12(11-20)6-8-14/h1-10H,11,20H2. The summed E-state index contributed by atoms with van der Waals surface area (Å²) in [5.74, 6) is 0.117. The van der Waals surface area contributed by atoms with Gasteiger partial charge in [0.1, 0.15) is 5.75 Å². The Hall–Kier alpha value is -2.17. The third kappa shape index (κ3) is 2.89. The molecule has 3 aromatic rings. The van der Waals surface area contributed by atoms with Gasteiger partial charge < -0.3 is 10.5 Å². The Morgan fingerprint density at radius 2 is 1.73 bits per heavy atom. The fraction of sp³-hybridized carbons (Fsp3) is 0.0556. The lowest BCUT2D eigenvalue weighted by Gasteiger charge is -2.09. The number of carbonyl (C=O) groups excluding carboxylic acids is 1. The molecule has 0 heterocycles. The summed E-state index contributed by atoms with van der Waals surface area (Å²) in [6.07, 6.45) is 0. The lowest BCUT2D eigenvalue weighted by Crippen LogP contribution is -2.09. The van der Waals surface area contributed by atoms with Crippen LogP contribution in [0.15, 0.2) is 65.1 Å². The number of esters is 1. The maximum Gasteiger partial charge on any atom is 0.343 e. The molecule has 0 unspecified atom stereocenters. The Morgan fingerprint density at radius 1 is 1.00 bits per heavy atom. The molecule has 0 fully saturated rings. The van der Waals surface area contributed by atoms with Crippen LogP contribution in [0.1, 0.15) is 15.9 Å². The molecule has 4 heteroatoms. The second-order valence-electron chi connectivity index (χ2n) is 4.89. The molecule has 0 atom stereocenters. The molecule has 0 saturated carbocycles. The highest BCUT2D eigenvalue weighted by atomic mass is 79.9. The predicted octanol–water partition coefficient (Wildman–Crippen LogP) is 4.28. The summed E-state index contributed by atoms with van der Waals surface area (Å²) in [6.45, 7) is 0.450. The summed E-state index contributed by atoms with van der Waals surface area (Å²) in [5, 5.41) is 2.09. The maximum absolute atomic E-state index is 12.2. The number of rotatable bonds is 3. The van der Waals surface area contributed by atoms with Crippen molar-refractivity contribution >= 4 is 32.7 Å². The van der Waals surface area contributed by atoms with Gasteiger partial charge in [-0.1, -0.05) is 42.5 Å². The van der Waals surface area contributed by atoms with E-state index in [1.165, 1.54) is 0 Å². The molecule has 0 amide bonds. The smallest absolute Gasteiger partial charge is 0.343 e. The molecule has 3 nitrogen and oxygen atoms in total. The molecule has 0 aliphatic heterocycles. The number of fused-ring (bicyclic) bond motifs is 1. The topological polar surface area (TPSA) is 52.3 Å². The fourth-order valence-corrected chi connectivity index (χ4v) is 2.80. The molecule has 0 radical (unpaired) electrons. The molecule has 0 aliphatic carbocycles. The van der Waals surface area contributed by atoms with Crippen LogP contribution < -0.4 is 10.5 Å². The van der Waals surface area contributed by atoms with Crippen molar-refractivity contribution in [1.82, 2.24) is 0 Å². The van der Waals surface area contributed by atoms with Crippen molar-refractivity contribution in [2.75, 3.05) is 0 Å². The van der Waals surface area contributed by atoms with Crippen molar-refractivity contribution in [2.45, 2.75) is 6.54 Å². The van der Waals surface area contributed by atoms with E-state index >= 15 is 0 Å². The molecule has 2 N–H and O–H groups in total. The van der Waals surface area contributed by atoms with Crippen molar-refractivity contribution in [1.29, 1.82) is 0 Å². The zero-order chi connectivity index (χ0) is 15.5. The molecule has 0 aromatic heterocycles. The molecule has 3 aromatic carbocycles. The first-order valence-corrected chi connectivity index (χ1v) is 7.67. The van der Waals surface area contributed by atoms with Gasteiger partial charge in [0.05, 0.1) is 10.0 Å². The van der Waals surface area contributed by atoms with Gasteiger partial charge >= 0.3 is 5.97 Å². The summed E-state index contributed by atoms with van der Waals surface area (Å²) < 4.78 is 6.27. The van der Waals surface area contributed by atoms with E-state index in [0.717, 1.165) is 20.8 Å².